The average molecular weight is 521 g/mol. The number of hydrogen-bond acceptors (Lipinski definition) is 4. The van der Waals surface area contributed by atoms with E-state index in [1.165, 1.54) is 6.07 Å². The van der Waals surface area contributed by atoms with E-state index in [1.807, 2.05) is 30.3 Å². The molecule has 0 fully saturated rings. The van der Waals surface area contributed by atoms with Crippen molar-refractivity contribution in [1.82, 2.24) is 5.32 Å². The minimum Gasteiger partial charge on any atom is -0.493 e. The molecule has 0 amide bonds. The van der Waals surface area contributed by atoms with E-state index in [1.54, 1.807) is 26.3 Å². The van der Waals surface area contributed by atoms with Gasteiger partial charge in [-0.05, 0) is 29.8 Å². The lowest BCUT2D eigenvalue weighted by atomic mass is 10.2. The highest BCUT2D eigenvalue weighted by Crippen LogP contribution is 2.18. The van der Waals surface area contributed by atoms with E-state index in [0.29, 0.717) is 25.7 Å². The third-order valence-electron chi connectivity index (χ3n) is 3.67. The second-order valence-electron chi connectivity index (χ2n) is 5.80. The van der Waals surface area contributed by atoms with Crippen molar-refractivity contribution in [2.45, 2.75) is 19.6 Å². The van der Waals surface area contributed by atoms with Gasteiger partial charge in [-0.1, -0.05) is 18.2 Å². The van der Waals surface area contributed by atoms with Crippen LogP contribution < -0.4 is 20.1 Å². The molecule has 0 spiro atoms. The molecule has 0 atom stereocenters. The highest BCUT2D eigenvalue weighted by molar-refractivity contribution is 14.0. The fraction of sp³-hybridized carbons (Fsp3) is 0.350. The minimum absolute atomic E-state index is 0. The molecule has 2 aromatic rings. The molecule has 0 aliphatic heterocycles. The number of halogens is 3. The number of anilines is 1. The molecule has 0 aliphatic carbocycles. The summed E-state index contributed by atoms with van der Waals surface area (Å²) in [5.41, 5.74) is 1.60. The summed E-state index contributed by atoms with van der Waals surface area (Å²) in [6.45, 7) is -1.23. The molecule has 29 heavy (non-hydrogen) atoms. The van der Waals surface area contributed by atoms with Crippen LogP contribution >= 0.6 is 24.0 Å². The van der Waals surface area contributed by atoms with Crippen molar-refractivity contribution in [1.29, 1.82) is 0 Å². The first-order valence-electron chi connectivity index (χ1n) is 8.84. The molecule has 9 heteroatoms. The van der Waals surface area contributed by atoms with Crippen molar-refractivity contribution in [2.75, 3.05) is 32.7 Å². The SMILES string of the molecule is CN=C(NCc1cccc(OC(F)F)c1)Nc1cccc(OCCCOC)c1.I. The van der Waals surface area contributed by atoms with Crippen LogP contribution in [0.5, 0.6) is 11.5 Å². The number of guanidine groups is 1. The Hall–Kier alpha value is -2.14. The summed E-state index contributed by atoms with van der Waals surface area (Å²) in [5, 5.41) is 6.30. The van der Waals surface area contributed by atoms with Crippen LogP contribution in [-0.2, 0) is 11.3 Å². The zero-order valence-electron chi connectivity index (χ0n) is 16.4. The summed E-state index contributed by atoms with van der Waals surface area (Å²) in [4.78, 5) is 4.17. The number of nitrogens with one attached hydrogen (secondary N) is 2. The third-order valence-corrected chi connectivity index (χ3v) is 3.67. The smallest absolute Gasteiger partial charge is 0.387 e. The summed E-state index contributed by atoms with van der Waals surface area (Å²) >= 11 is 0. The molecule has 0 unspecified atom stereocenters. The Kier molecular flexibility index (Phi) is 12.0. The summed E-state index contributed by atoms with van der Waals surface area (Å²) < 4.78 is 39.8. The second kappa shape index (κ2) is 13.9. The van der Waals surface area contributed by atoms with E-state index in [4.69, 9.17) is 9.47 Å². The number of ether oxygens (including phenoxy) is 3. The lowest BCUT2D eigenvalue weighted by Gasteiger charge is -2.14. The van der Waals surface area contributed by atoms with Crippen LogP contribution in [0, 0.1) is 0 Å². The Balaban J connectivity index is 0.00000420. The van der Waals surface area contributed by atoms with Gasteiger partial charge in [0.2, 0.25) is 0 Å². The zero-order valence-corrected chi connectivity index (χ0v) is 18.7. The molecule has 0 radical (unpaired) electrons. The fourth-order valence-corrected chi connectivity index (χ4v) is 2.39. The van der Waals surface area contributed by atoms with E-state index in [2.05, 4.69) is 20.4 Å². The first-order valence-corrected chi connectivity index (χ1v) is 8.84. The molecule has 2 N–H and O–H groups in total. The summed E-state index contributed by atoms with van der Waals surface area (Å²) in [5.74, 6) is 1.40. The van der Waals surface area contributed by atoms with E-state index in [0.717, 1.165) is 23.4 Å². The second-order valence-corrected chi connectivity index (χ2v) is 5.80. The Morgan fingerprint density at radius 3 is 2.55 bits per heavy atom. The quantitative estimate of drug-likeness (QED) is 0.209. The van der Waals surface area contributed by atoms with Gasteiger partial charge in [0.05, 0.1) is 6.61 Å². The molecular weight excluding hydrogens is 495 g/mol. The number of alkyl halides is 2. The highest BCUT2D eigenvalue weighted by Gasteiger charge is 2.06. The maximum atomic E-state index is 12.3. The van der Waals surface area contributed by atoms with Gasteiger partial charge in [-0.3, -0.25) is 4.99 Å². The molecule has 0 saturated carbocycles. The van der Waals surface area contributed by atoms with E-state index >= 15 is 0 Å². The Labute approximate surface area is 186 Å². The molecule has 0 aromatic heterocycles. The van der Waals surface area contributed by atoms with Crippen LogP contribution in [0.4, 0.5) is 14.5 Å². The number of aliphatic imine (C=N–C) groups is 1. The predicted octanol–water partition coefficient (Wildman–Crippen LogP) is 4.51. The maximum Gasteiger partial charge on any atom is 0.387 e. The Morgan fingerprint density at radius 2 is 1.83 bits per heavy atom. The van der Waals surface area contributed by atoms with Crippen LogP contribution in [0.25, 0.3) is 0 Å². The molecule has 0 bridgehead atoms. The molecule has 6 nitrogen and oxygen atoms in total. The predicted molar refractivity (Wildman–Crippen MR) is 121 cm³/mol. The topological polar surface area (TPSA) is 64.1 Å². The van der Waals surface area contributed by atoms with Gasteiger partial charge >= 0.3 is 6.61 Å². The Bertz CT molecular complexity index is 763. The lowest BCUT2D eigenvalue weighted by molar-refractivity contribution is -0.0498. The molecular formula is C20H26F2IN3O3. The van der Waals surface area contributed by atoms with Gasteiger partial charge in [-0.25, -0.2) is 0 Å². The van der Waals surface area contributed by atoms with E-state index in [-0.39, 0.29) is 29.7 Å². The fourth-order valence-electron chi connectivity index (χ4n) is 2.39. The molecule has 0 saturated heterocycles. The normalized spacial score (nSPS) is 11.0. The number of methoxy groups -OCH3 is 1. The number of benzene rings is 2. The van der Waals surface area contributed by atoms with E-state index < -0.39 is 6.61 Å². The van der Waals surface area contributed by atoms with Crippen LogP contribution in [0.2, 0.25) is 0 Å². The van der Waals surface area contributed by atoms with E-state index in [9.17, 15) is 8.78 Å². The summed E-state index contributed by atoms with van der Waals surface area (Å²) in [6.07, 6.45) is 0.811. The van der Waals surface area contributed by atoms with Crippen molar-refractivity contribution in [3.05, 3.63) is 54.1 Å². The monoisotopic (exact) mass is 521 g/mol. The molecule has 160 valence electrons. The maximum absolute atomic E-state index is 12.3. The lowest BCUT2D eigenvalue weighted by Crippen LogP contribution is -2.30. The van der Waals surface area contributed by atoms with Gasteiger partial charge in [0.1, 0.15) is 11.5 Å². The average Bonchev–Trinajstić information content (AvgIpc) is 2.68. The van der Waals surface area contributed by atoms with Gasteiger partial charge in [0.25, 0.3) is 0 Å². The molecule has 2 aromatic carbocycles. The number of hydrogen-bond donors (Lipinski definition) is 2. The van der Waals surface area contributed by atoms with Crippen molar-refractivity contribution in [3.8, 4) is 11.5 Å². The van der Waals surface area contributed by atoms with Crippen molar-refractivity contribution >= 4 is 35.6 Å². The van der Waals surface area contributed by atoms with Gasteiger partial charge in [0, 0.05) is 45.5 Å². The molecule has 0 aliphatic rings. The zero-order chi connectivity index (χ0) is 20.2. The standard InChI is InChI=1S/C20H25F2N3O3.HI/c1-23-20(24-14-15-6-3-9-18(12-15)28-19(21)22)25-16-7-4-8-17(13-16)27-11-5-10-26-2;/h3-4,6-9,12-13,19H,5,10-11,14H2,1-2H3,(H2,23,24,25);1H. The van der Waals surface area contributed by atoms with Crippen molar-refractivity contribution in [2.24, 2.45) is 4.99 Å². The minimum atomic E-state index is -2.85. The summed E-state index contributed by atoms with van der Waals surface area (Å²) in [7, 11) is 3.31. The highest BCUT2D eigenvalue weighted by atomic mass is 127. The van der Waals surface area contributed by atoms with Crippen LogP contribution in [0.3, 0.4) is 0 Å². The van der Waals surface area contributed by atoms with Gasteiger partial charge in [-0.2, -0.15) is 8.78 Å². The van der Waals surface area contributed by atoms with Gasteiger partial charge < -0.3 is 24.8 Å². The van der Waals surface area contributed by atoms with Gasteiger partial charge in [0.15, 0.2) is 5.96 Å². The number of nitrogens with zero attached hydrogens (tertiary/aromatic N) is 1. The molecule has 0 heterocycles. The third kappa shape index (κ3) is 9.75. The Morgan fingerprint density at radius 1 is 1.07 bits per heavy atom. The summed E-state index contributed by atoms with van der Waals surface area (Å²) in [6, 6.07) is 14.0. The largest absolute Gasteiger partial charge is 0.493 e. The molecule has 2 rings (SSSR count). The van der Waals surface area contributed by atoms with Crippen LogP contribution in [0.15, 0.2) is 53.5 Å². The first-order chi connectivity index (χ1) is 13.6. The van der Waals surface area contributed by atoms with Gasteiger partial charge in [-0.15, -0.1) is 24.0 Å². The van der Waals surface area contributed by atoms with Crippen molar-refractivity contribution < 1.29 is 23.0 Å². The van der Waals surface area contributed by atoms with Crippen LogP contribution in [0.1, 0.15) is 12.0 Å². The number of rotatable bonds is 10. The first kappa shape index (κ1) is 24.9. The van der Waals surface area contributed by atoms with Crippen LogP contribution in [-0.4, -0.2) is 39.9 Å². The van der Waals surface area contributed by atoms with Crippen molar-refractivity contribution in [3.63, 3.8) is 0 Å².